The molecule has 0 aliphatic rings. The van der Waals surface area contributed by atoms with E-state index >= 15 is 0 Å². The number of amides is 2. The molecule has 1 N–H and O–H groups in total. The molecule has 2 amide bonds. The summed E-state index contributed by atoms with van der Waals surface area (Å²) >= 11 is 1.24. The van der Waals surface area contributed by atoms with Gasteiger partial charge in [0, 0.05) is 54.4 Å². The molecule has 0 spiro atoms. The largest absolute Gasteiger partial charge is 0.311 e. The normalized spacial score (nSPS) is 10.8. The summed E-state index contributed by atoms with van der Waals surface area (Å²) in [6.45, 7) is 0.513. The van der Waals surface area contributed by atoms with Gasteiger partial charge in [0.25, 0.3) is 11.8 Å². The molecule has 6 aromatic rings. The van der Waals surface area contributed by atoms with Crippen molar-refractivity contribution in [3.05, 3.63) is 125 Å². The first-order chi connectivity index (χ1) is 21.4. The summed E-state index contributed by atoms with van der Waals surface area (Å²) in [7, 11) is 1.66. The van der Waals surface area contributed by atoms with Crippen LogP contribution in [0, 0.1) is 17.3 Å². The van der Waals surface area contributed by atoms with Crippen molar-refractivity contribution < 1.29 is 14.0 Å². The molecule has 0 saturated heterocycles. The highest BCUT2D eigenvalue weighted by Gasteiger charge is 2.19. The highest BCUT2D eigenvalue weighted by Crippen LogP contribution is 2.30. The smallest absolute Gasteiger partial charge is 0.268 e. The molecule has 0 radical (unpaired) electrons. The van der Waals surface area contributed by atoms with Crippen LogP contribution in [-0.2, 0) is 13.0 Å². The number of carbonyl (C=O) groups excluding carboxylic acids is 2. The number of benzene rings is 2. The van der Waals surface area contributed by atoms with Gasteiger partial charge in [0.05, 0.1) is 27.5 Å². The second-order valence-electron chi connectivity index (χ2n) is 9.91. The lowest BCUT2D eigenvalue weighted by molar-refractivity contribution is 0.0991. The standard InChI is InChI=1S/C33H24FN7O2S/c1-40(32(43)24-6-2-4-22(16-24)19-35)25-7-8-27-26(18-25)38-33(41(27)15-12-21-5-3-13-36-20-21)39-31(42)29-10-9-28(44-29)23-11-14-37-30(34)17-23/h2-11,13-14,16-18,20H,12,15H2,1H3,(H,38,39,42). The molecular weight excluding hydrogens is 577 g/mol. The van der Waals surface area contributed by atoms with Gasteiger partial charge < -0.3 is 9.47 Å². The zero-order valence-corrected chi connectivity index (χ0v) is 24.3. The zero-order chi connectivity index (χ0) is 30.6. The van der Waals surface area contributed by atoms with Gasteiger partial charge in [-0.3, -0.25) is 19.9 Å². The molecule has 44 heavy (non-hydrogen) atoms. The first kappa shape index (κ1) is 28.4. The number of thiophene rings is 1. The molecule has 0 bridgehead atoms. The Morgan fingerprint density at radius 3 is 2.73 bits per heavy atom. The maximum absolute atomic E-state index is 13.7. The van der Waals surface area contributed by atoms with Gasteiger partial charge in [-0.1, -0.05) is 12.1 Å². The van der Waals surface area contributed by atoms with Crippen molar-refractivity contribution in [2.45, 2.75) is 13.0 Å². The predicted octanol–water partition coefficient (Wildman–Crippen LogP) is 6.34. The van der Waals surface area contributed by atoms with Gasteiger partial charge in [-0.15, -0.1) is 11.3 Å². The molecule has 216 valence electrons. The number of rotatable bonds is 8. The molecule has 0 unspecified atom stereocenters. The van der Waals surface area contributed by atoms with Gasteiger partial charge in [-0.2, -0.15) is 9.65 Å². The van der Waals surface area contributed by atoms with Crippen molar-refractivity contribution in [2.24, 2.45) is 0 Å². The lowest BCUT2D eigenvalue weighted by Gasteiger charge is -2.17. The maximum Gasteiger partial charge on any atom is 0.268 e. The van der Waals surface area contributed by atoms with Crippen molar-refractivity contribution >= 4 is 45.8 Å². The van der Waals surface area contributed by atoms with Gasteiger partial charge >= 0.3 is 0 Å². The number of aryl methyl sites for hydroxylation is 2. The Balaban J connectivity index is 1.31. The van der Waals surface area contributed by atoms with Crippen LogP contribution < -0.4 is 10.2 Å². The number of hydrogen-bond acceptors (Lipinski definition) is 7. The van der Waals surface area contributed by atoms with E-state index in [1.807, 2.05) is 28.8 Å². The average molecular weight is 602 g/mol. The molecule has 0 aliphatic carbocycles. The second-order valence-corrected chi connectivity index (χ2v) is 11.0. The molecule has 0 atom stereocenters. The Morgan fingerprint density at radius 1 is 1.05 bits per heavy atom. The number of nitriles is 1. The number of nitrogens with one attached hydrogen (secondary N) is 1. The van der Waals surface area contributed by atoms with Crippen LogP contribution in [0.4, 0.5) is 16.0 Å². The fourth-order valence-electron chi connectivity index (χ4n) is 4.80. The van der Waals surface area contributed by atoms with E-state index in [2.05, 4.69) is 21.4 Å². The van der Waals surface area contributed by atoms with Crippen molar-refractivity contribution in [2.75, 3.05) is 17.3 Å². The molecule has 9 nitrogen and oxygen atoms in total. The van der Waals surface area contributed by atoms with Gasteiger partial charge in [-0.05, 0) is 78.2 Å². The molecule has 0 saturated carbocycles. The van der Waals surface area contributed by atoms with Gasteiger partial charge in [0.15, 0.2) is 0 Å². The summed E-state index contributed by atoms with van der Waals surface area (Å²) in [5.41, 5.74) is 4.43. The minimum absolute atomic E-state index is 0.270. The minimum atomic E-state index is -0.591. The number of pyridine rings is 2. The fourth-order valence-corrected chi connectivity index (χ4v) is 5.70. The topological polar surface area (TPSA) is 117 Å². The zero-order valence-electron chi connectivity index (χ0n) is 23.4. The fraction of sp³-hybridized carbons (Fsp3) is 0.0909. The highest BCUT2D eigenvalue weighted by atomic mass is 32.1. The van der Waals surface area contributed by atoms with Gasteiger partial charge in [0.2, 0.25) is 11.9 Å². The van der Waals surface area contributed by atoms with E-state index in [4.69, 9.17) is 4.98 Å². The van der Waals surface area contributed by atoms with Crippen LogP contribution in [0.15, 0.2) is 97.5 Å². The number of imidazole rings is 1. The molecule has 6 rings (SSSR count). The van der Waals surface area contributed by atoms with E-state index in [1.54, 1.807) is 68.0 Å². The predicted molar refractivity (Wildman–Crippen MR) is 167 cm³/mol. The molecule has 2 aromatic carbocycles. The Bertz CT molecular complexity index is 2050. The SMILES string of the molecule is CN(C(=O)c1cccc(C#N)c1)c1ccc2c(c1)nc(NC(=O)c1ccc(-c3ccnc(F)c3)s1)n2CCc1cccnc1. The third-order valence-electron chi connectivity index (χ3n) is 7.08. The Hall–Kier alpha value is -5.73. The van der Waals surface area contributed by atoms with Crippen LogP contribution >= 0.6 is 11.3 Å². The van der Waals surface area contributed by atoms with E-state index in [-0.39, 0.29) is 11.8 Å². The van der Waals surface area contributed by atoms with E-state index in [1.165, 1.54) is 28.5 Å². The second kappa shape index (κ2) is 12.2. The maximum atomic E-state index is 13.7. The van der Waals surface area contributed by atoms with Gasteiger partial charge in [-0.25, -0.2) is 9.97 Å². The number of nitrogens with zero attached hydrogens (tertiary/aromatic N) is 6. The van der Waals surface area contributed by atoms with Crippen LogP contribution in [0.1, 0.15) is 31.2 Å². The highest BCUT2D eigenvalue weighted by molar-refractivity contribution is 7.17. The van der Waals surface area contributed by atoms with Crippen LogP contribution in [0.5, 0.6) is 0 Å². The average Bonchev–Trinajstić information content (AvgIpc) is 3.68. The number of carbonyl (C=O) groups is 2. The monoisotopic (exact) mass is 601 g/mol. The summed E-state index contributed by atoms with van der Waals surface area (Å²) in [5, 5.41) is 12.2. The van der Waals surface area contributed by atoms with Crippen molar-refractivity contribution in [1.29, 1.82) is 5.26 Å². The Kier molecular flexibility index (Phi) is 7.90. The van der Waals surface area contributed by atoms with Crippen LogP contribution in [0.3, 0.4) is 0 Å². The van der Waals surface area contributed by atoms with Crippen molar-refractivity contribution in [3.8, 4) is 16.5 Å². The number of anilines is 2. The van der Waals surface area contributed by atoms with Crippen LogP contribution in [0.25, 0.3) is 21.5 Å². The van der Waals surface area contributed by atoms with E-state index in [0.717, 1.165) is 16.0 Å². The summed E-state index contributed by atoms with van der Waals surface area (Å²) in [6, 6.07) is 24.4. The summed E-state index contributed by atoms with van der Waals surface area (Å²) < 4.78 is 15.6. The number of fused-ring (bicyclic) bond motifs is 1. The molecule has 4 aromatic heterocycles. The quantitative estimate of drug-likeness (QED) is 0.204. The minimum Gasteiger partial charge on any atom is -0.311 e. The first-order valence-corrected chi connectivity index (χ1v) is 14.4. The Labute approximate surface area is 255 Å². The lowest BCUT2D eigenvalue weighted by Crippen LogP contribution is -2.26. The van der Waals surface area contributed by atoms with E-state index in [0.29, 0.717) is 51.7 Å². The van der Waals surface area contributed by atoms with Crippen molar-refractivity contribution in [3.63, 3.8) is 0 Å². The third kappa shape index (κ3) is 5.92. The Morgan fingerprint density at radius 2 is 1.93 bits per heavy atom. The van der Waals surface area contributed by atoms with Crippen molar-refractivity contribution in [1.82, 2.24) is 19.5 Å². The number of halogens is 1. The molecule has 11 heteroatoms. The van der Waals surface area contributed by atoms with Crippen LogP contribution in [-0.4, -0.2) is 38.4 Å². The lowest BCUT2D eigenvalue weighted by atomic mass is 10.1. The number of aromatic nitrogens is 4. The molecule has 0 fully saturated rings. The van der Waals surface area contributed by atoms with E-state index < -0.39 is 5.95 Å². The first-order valence-electron chi connectivity index (χ1n) is 13.6. The summed E-state index contributed by atoms with van der Waals surface area (Å²) in [5.74, 6) is -0.856. The summed E-state index contributed by atoms with van der Waals surface area (Å²) in [6.07, 6.45) is 5.55. The van der Waals surface area contributed by atoms with Crippen LogP contribution in [0.2, 0.25) is 0 Å². The third-order valence-corrected chi connectivity index (χ3v) is 8.21. The number of hydrogen-bond donors (Lipinski definition) is 1. The molecule has 4 heterocycles. The van der Waals surface area contributed by atoms with E-state index in [9.17, 15) is 19.2 Å². The molecular formula is C33H24FN7O2S. The summed E-state index contributed by atoms with van der Waals surface area (Å²) in [4.78, 5) is 41.8. The van der Waals surface area contributed by atoms with Gasteiger partial charge in [0.1, 0.15) is 0 Å². The molecule has 0 aliphatic heterocycles.